The van der Waals surface area contributed by atoms with Gasteiger partial charge in [0.15, 0.2) is 5.71 Å². The summed E-state index contributed by atoms with van der Waals surface area (Å²) >= 11 is 0. The molecule has 8 nitrogen and oxygen atoms in total. The van der Waals surface area contributed by atoms with Gasteiger partial charge in [-0.05, 0) is 86.9 Å². The van der Waals surface area contributed by atoms with Gasteiger partial charge in [0.25, 0.3) is 20.2 Å². The molecule has 0 saturated carbocycles. The van der Waals surface area contributed by atoms with Crippen molar-refractivity contribution in [3.8, 4) is 0 Å². The molecule has 0 aromatic heterocycles. The SMILES string of the molecule is CCN(CC)c1ccc(C(=C2C=CC(=[N+](CC)CC)C=C2)c2cc(S(=O)(=O)O)ccc2S(=O)(=O)O)cc1.[H-].[Na+]. The summed E-state index contributed by atoms with van der Waals surface area (Å²) in [6.45, 7) is 11.4. The molecule has 2 aromatic carbocycles. The average molecular weight is 570 g/mol. The Kier molecular flexibility index (Phi) is 11.3. The second-order valence-electron chi connectivity index (χ2n) is 8.42. The maximum atomic E-state index is 12.3. The second-order valence-corrected chi connectivity index (χ2v) is 11.2. The van der Waals surface area contributed by atoms with Crippen LogP contribution in [0.1, 0.15) is 40.2 Å². The number of anilines is 1. The summed E-state index contributed by atoms with van der Waals surface area (Å²) in [5.74, 6) is 0. The Balaban J connectivity index is 0.00000380. The fourth-order valence-corrected chi connectivity index (χ4v) is 5.61. The first-order valence-electron chi connectivity index (χ1n) is 12.1. The molecule has 0 atom stereocenters. The van der Waals surface area contributed by atoms with Crippen LogP contribution in [0.15, 0.2) is 82.1 Å². The standard InChI is InChI=1S/C27H32N2O6S2.Na.H/c1-5-28(6-2)22-13-9-20(10-14-22)27(21-11-15-23(16-12-21)29(7-3)8-4)25-19-24(36(30,31)32)17-18-26(25)37(33,34)35;;/h9-19H,5-8H2,1-4H3,(H-,30,31,32,33,34,35);;/q;+1;-1/p+1. The van der Waals surface area contributed by atoms with Crippen LogP contribution in [0.3, 0.4) is 0 Å². The van der Waals surface area contributed by atoms with E-state index in [1.54, 1.807) is 0 Å². The Labute approximate surface area is 249 Å². The third-order valence-electron chi connectivity index (χ3n) is 6.37. The molecular formula is C27H34N2NaO6S2+. The zero-order valence-corrected chi connectivity index (χ0v) is 26.1. The van der Waals surface area contributed by atoms with E-state index in [1.807, 2.05) is 76.3 Å². The largest absolute Gasteiger partial charge is 1.00 e. The van der Waals surface area contributed by atoms with E-state index in [9.17, 15) is 25.9 Å². The molecule has 0 bridgehead atoms. The van der Waals surface area contributed by atoms with Crippen LogP contribution in [0.4, 0.5) is 5.69 Å². The van der Waals surface area contributed by atoms with Crippen molar-refractivity contribution >= 4 is 37.2 Å². The number of benzene rings is 2. The first-order chi connectivity index (χ1) is 17.4. The molecule has 0 heterocycles. The van der Waals surface area contributed by atoms with E-state index < -0.39 is 30.0 Å². The molecule has 200 valence electrons. The van der Waals surface area contributed by atoms with Crippen LogP contribution in [0.2, 0.25) is 0 Å². The first kappa shape index (κ1) is 32.2. The van der Waals surface area contributed by atoms with E-state index in [2.05, 4.69) is 9.48 Å². The van der Waals surface area contributed by atoms with Crippen LogP contribution in [0, 0.1) is 0 Å². The van der Waals surface area contributed by atoms with Gasteiger partial charge in [0.2, 0.25) is 0 Å². The molecular weight excluding hydrogens is 535 g/mol. The molecule has 0 aliphatic heterocycles. The van der Waals surface area contributed by atoms with Gasteiger partial charge < -0.3 is 6.33 Å². The zero-order valence-electron chi connectivity index (χ0n) is 23.4. The minimum Gasteiger partial charge on any atom is -1.00 e. The Hall–Kier alpha value is -2.05. The van der Waals surface area contributed by atoms with Crippen molar-refractivity contribution in [2.45, 2.75) is 37.5 Å². The third-order valence-corrected chi connectivity index (χ3v) is 8.13. The monoisotopic (exact) mass is 569 g/mol. The van der Waals surface area contributed by atoms with E-state index >= 15 is 0 Å². The van der Waals surface area contributed by atoms with Gasteiger partial charge >= 0.3 is 29.6 Å². The first-order valence-corrected chi connectivity index (χ1v) is 15.0. The van der Waals surface area contributed by atoms with Gasteiger partial charge in [0, 0.05) is 36.5 Å². The Bertz CT molecular complexity index is 1490. The molecule has 2 aromatic rings. The van der Waals surface area contributed by atoms with Crippen molar-refractivity contribution in [3.63, 3.8) is 0 Å². The molecule has 1 aliphatic carbocycles. The van der Waals surface area contributed by atoms with Gasteiger partial charge in [-0.25, -0.2) is 4.58 Å². The van der Waals surface area contributed by atoms with Crippen LogP contribution in [0.5, 0.6) is 0 Å². The average Bonchev–Trinajstić information content (AvgIpc) is 2.86. The summed E-state index contributed by atoms with van der Waals surface area (Å²) in [4.78, 5) is 1.22. The third kappa shape index (κ3) is 7.32. The number of allylic oxidation sites excluding steroid dienone is 5. The molecule has 2 N–H and O–H groups in total. The normalized spacial score (nSPS) is 13.3. The van der Waals surface area contributed by atoms with Crippen LogP contribution in [-0.2, 0) is 20.2 Å². The predicted molar refractivity (Wildman–Crippen MR) is 148 cm³/mol. The summed E-state index contributed by atoms with van der Waals surface area (Å²) in [5, 5.41) is 0. The van der Waals surface area contributed by atoms with Crippen molar-refractivity contribution in [1.82, 2.24) is 0 Å². The summed E-state index contributed by atoms with van der Waals surface area (Å²) in [5.41, 5.74) is 3.55. The van der Waals surface area contributed by atoms with Crippen molar-refractivity contribution in [2.75, 3.05) is 31.1 Å². The van der Waals surface area contributed by atoms with Crippen molar-refractivity contribution in [2.24, 2.45) is 0 Å². The van der Waals surface area contributed by atoms with E-state index in [4.69, 9.17) is 0 Å². The maximum absolute atomic E-state index is 12.3. The van der Waals surface area contributed by atoms with Crippen molar-refractivity contribution in [3.05, 3.63) is 83.5 Å². The zero-order chi connectivity index (χ0) is 27.4. The molecule has 0 fully saturated rings. The fraction of sp³-hybridized carbons (Fsp3) is 0.296. The number of rotatable bonds is 9. The molecule has 0 amide bonds. The smallest absolute Gasteiger partial charge is 1.00 e. The molecule has 1 aliphatic rings. The van der Waals surface area contributed by atoms with Crippen LogP contribution in [-0.4, -0.2) is 62.4 Å². The molecule has 3 rings (SSSR count). The van der Waals surface area contributed by atoms with Gasteiger partial charge in [-0.2, -0.15) is 16.8 Å². The predicted octanol–water partition coefficient (Wildman–Crippen LogP) is 1.56. The Morgan fingerprint density at radius 2 is 1.37 bits per heavy atom. The van der Waals surface area contributed by atoms with Crippen molar-refractivity contribution < 1.29 is 61.5 Å². The minimum atomic E-state index is -4.73. The molecule has 38 heavy (non-hydrogen) atoms. The number of hydrogen-bond donors (Lipinski definition) is 2. The number of hydrogen-bond acceptors (Lipinski definition) is 5. The Morgan fingerprint density at radius 3 is 1.82 bits per heavy atom. The Morgan fingerprint density at radius 1 is 0.816 bits per heavy atom. The van der Waals surface area contributed by atoms with Crippen molar-refractivity contribution in [1.29, 1.82) is 0 Å². The molecule has 0 unspecified atom stereocenters. The molecule has 0 spiro atoms. The summed E-state index contributed by atoms with van der Waals surface area (Å²) in [6, 6.07) is 10.5. The maximum Gasteiger partial charge on any atom is 1.00 e. The molecule has 11 heteroatoms. The van der Waals surface area contributed by atoms with Crippen LogP contribution >= 0.6 is 0 Å². The van der Waals surface area contributed by atoms with Crippen LogP contribution < -0.4 is 34.5 Å². The number of nitrogens with zero attached hydrogens (tertiary/aromatic N) is 2. The quantitative estimate of drug-likeness (QED) is 0.268. The summed E-state index contributed by atoms with van der Waals surface area (Å²) < 4.78 is 70.4. The molecule has 0 saturated heterocycles. The van der Waals surface area contributed by atoms with Gasteiger partial charge in [0.1, 0.15) is 18.0 Å². The van der Waals surface area contributed by atoms with Gasteiger partial charge in [-0.15, -0.1) is 0 Å². The molecule has 0 radical (unpaired) electrons. The fourth-order valence-electron chi connectivity index (χ4n) is 4.42. The van der Waals surface area contributed by atoms with E-state index in [0.29, 0.717) is 16.7 Å². The van der Waals surface area contributed by atoms with Crippen LogP contribution in [0.25, 0.3) is 5.57 Å². The van der Waals surface area contributed by atoms with E-state index in [0.717, 1.165) is 55.8 Å². The van der Waals surface area contributed by atoms with Gasteiger partial charge in [0.05, 0.1) is 4.90 Å². The topological polar surface area (TPSA) is 115 Å². The minimum absolute atomic E-state index is 0. The van der Waals surface area contributed by atoms with E-state index in [1.165, 1.54) is 0 Å². The summed E-state index contributed by atoms with van der Waals surface area (Å²) in [7, 11) is -9.37. The summed E-state index contributed by atoms with van der Waals surface area (Å²) in [6.07, 6.45) is 7.48. The van der Waals surface area contributed by atoms with E-state index in [-0.39, 0.29) is 36.5 Å². The van der Waals surface area contributed by atoms with Gasteiger partial charge in [-0.1, -0.05) is 12.1 Å². The van der Waals surface area contributed by atoms with Gasteiger partial charge in [-0.3, -0.25) is 9.11 Å². The second kappa shape index (κ2) is 13.3.